The van der Waals surface area contributed by atoms with Gasteiger partial charge in [0.15, 0.2) is 0 Å². The van der Waals surface area contributed by atoms with Gasteiger partial charge in [-0.1, -0.05) is 13.8 Å². The highest BCUT2D eigenvalue weighted by molar-refractivity contribution is 4.99. The first-order valence-electron chi connectivity index (χ1n) is 7.02. The van der Waals surface area contributed by atoms with E-state index in [9.17, 15) is 0 Å². The number of rotatable bonds is 5. The molecule has 2 aliphatic rings. The Morgan fingerprint density at radius 2 is 1.94 bits per heavy atom. The lowest BCUT2D eigenvalue weighted by atomic mass is 9.82. The van der Waals surface area contributed by atoms with Crippen LogP contribution in [0.25, 0.3) is 0 Å². The van der Waals surface area contributed by atoms with E-state index in [0.29, 0.717) is 5.41 Å². The molecule has 0 amide bonds. The summed E-state index contributed by atoms with van der Waals surface area (Å²) in [7, 11) is 0. The van der Waals surface area contributed by atoms with Gasteiger partial charge in [0.05, 0.1) is 0 Å². The molecule has 1 saturated heterocycles. The minimum Gasteiger partial charge on any atom is -0.324 e. The average Bonchev–Trinajstić information content (AvgIpc) is 3.03. The fraction of sp³-hybridized carbons (Fsp3) is 1.00. The summed E-state index contributed by atoms with van der Waals surface area (Å²) in [4.78, 5) is 2.62. The van der Waals surface area contributed by atoms with Crippen molar-refractivity contribution in [2.24, 2.45) is 17.1 Å². The summed E-state index contributed by atoms with van der Waals surface area (Å²) < 4.78 is 0. The summed E-state index contributed by atoms with van der Waals surface area (Å²) in [6.45, 7) is 10.6. The van der Waals surface area contributed by atoms with Crippen LogP contribution in [-0.4, -0.2) is 30.1 Å². The van der Waals surface area contributed by atoms with Gasteiger partial charge in [0, 0.05) is 18.6 Å². The van der Waals surface area contributed by atoms with Crippen LogP contribution in [-0.2, 0) is 0 Å². The van der Waals surface area contributed by atoms with Crippen LogP contribution in [0.15, 0.2) is 0 Å². The Morgan fingerprint density at radius 3 is 2.38 bits per heavy atom. The Kier molecular flexibility index (Phi) is 3.33. The Morgan fingerprint density at radius 1 is 1.31 bits per heavy atom. The zero-order chi connectivity index (χ0) is 11.8. The predicted octanol–water partition coefficient (Wildman–Crippen LogP) is 2.63. The third-order valence-electron chi connectivity index (χ3n) is 5.09. The summed E-state index contributed by atoms with van der Waals surface area (Å²) >= 11 is 0. The van der Waals surface area contributed by atoms with E-state index >= 15 is 0 Å². The number of nitrogens with zero attached hydrogens (tertiary/aromatic N) is 1. The highest BCUT2D eigenvalue weighted by Gasteiger charge is 2.42. The minimum atomic E-state index is 0.0670. The first-order chi connectivity index (χ1) is 7.51. The van der Waals surface area contributed by atoms with Gasteiger partial charge in [0.2, 0.25) is 0 Å². The molecular formula is C14H28N2. The van der Waals surface area contributed by atoms with Crippen molar-refractivity contribution in [2.45, 2.75) is 58.4 Å². The molecule has 0 spiro atoms. The quantitative estimate of drug-likeness (QED) is 0.778. The lowest BCUT2D eigenvalue weighted by Crippen LogP contribution is -2.49. The maximum atomic E-state index is 6.43. The number of hydrogen-bond donors (Lipinski definition) is 1. The second-order valence-electron chi connectivity index (χ2n) is 6.45. The summed E-state index contributed by atoms with van der Waals surface area (Å²) in [5.74, 6) is 0.797. The summed E-state index contributed by atoms with van der Waals surface area (Å²) in [6.07, 6.45) is 6.73. The molecule has 1 aliphatic heterocycles. The molecule has 1 heterocycles. The first-order valence-corrected chi connectivity index (χ1v) is 7.02. The van der Waals surface area contributed by atoms with Crippen molar-refractivity contribution < 1.29 is 0 Å². The highest BCUT2D eigenvalue weighted by Crippen LogP contribution is 2.41. The van der Waals surface area contributed by atoms with Crippen LogP contribution in [0, 0.1) is 11.3 Å². The number of likely N-dealkylation sites (tertiary alicyclic amines) is 1. The highest BCUT2D eigenvalue weighted by atomic mass is 15.2. The van der Waals surface area contributed by atoms with Crippen LogP contribution in [0.2, 0.25) is 0 Å². The van der Waals surface area contributed by atoms with Crippen LogP contribution < -0.4 is 5.73 Å². The van der Waals surface area contributed by atoms with E-state index in [-0.39, 0.29) is 5.54 Å². The third kappa shape index (κ3) is 2.43. The summed E-state index contributed by atoms with van der Waals surface area (Å²) in [5, 5.41) is 0. The molecule has 0 aromatic carbocycles. The van der Waals surface area contributed by atoms with Gasteiger partial charge < -0.3 is 10.6 Å². The smallest absolute Gasteiger partial charge is 0.0283 e. The van der Waals surface area contributed by atoms with E-state index < -0.39 is 0 Å². The van der Waals surface area contributed by atoms with Crippen LogP contribution in [0.4, 0.5) is 0 Å². The van der Waals surface area contributed by atoms with E-state index in [0.717, 1.165) is 12.5 Å². The third-order valence-corrected chi connectivity index (χ3v) is 5.09. The van der Waals surface area contributed by atoms with E-state index in [2.05, 4.69) is 25.7 Å². The van der Waals surface area contributed by atoms with Crippen molar-refractivity contribution in [1.29, 1.82) is 0 Å². The minimum absolute atomic E-state index is 0.0670. The molecule has 2 N–H and O–H groups in total. The van der Waals surface area contributed by atoms with E-state index in [1.165, 1.54) is 45.2 Å². The monoisotopic (exact) mass is 224 g/mol. The van der Waals surface area contributed by atoms with Crippen molar-refractivity contribution >= 4 is 0 Å². The molecule has 16 heavy (non-hydrogen) atoms. The lowest BCUT2D eigenvalue weighted by molar-refractivity contribution is 0.199. The molecule has 2 fully saturated rings. The van der Waals surface area contributed by atoms with Crippen LogP contribution in [0.3, 0.4) is 0 Å². The fourth-order valence-electron chi connectivity index (χ4n) is 3.34. The molecule has 2 nitrogen and oxygen atoms in total. The number of nitrogens with two attached hydrogens (primary N) is 1. The maximum Gasteiger partial charge on any atom is 0.0283 e. The molecule has 0 aromatic rings. The molecule has 2 heteroatoms. The molecule has 0 radical (unpaired) electrons. The Labute approximate surface area is 101 Å². The zero-order valence-electron chi connectivity index (χ0n) is 11.3. The SMILES string of the molecule is CCC1(CC)CCN(CC(C)(N)C2CC2)C1. The van der Waals surface area contributed by atoms with Gasteiger partial charge in [-0.2, -0.15) is 0 Å². The second kappa shape index (κ2) is 4.30. The van der Waals surface area contributed by atoms with Crippen molar-refractivity contribution in [3.05, 3.63) is 0 Å². The standard InChI is InChI=1S/C14H28N2/c1-4-14(5-2)8-9-16(11-14)10-13(3,15)12-6-7-12/h12H,4-11,15H2,1-3H3. The molecule has 1 atom stereocenters. The van der Waals surface area contributed by atoms with E-state index in [4.69, 9.17) is 5.73 Å². The Hall–Kier alpha value is -0.0800. The van der Waals surface area contributed by atoms with Crippen molar-refractivity contribution in [1.82, 2.24) is 4.90 Å². The molecule has 94 valence electrons. The van der Waals surface area contributed by atoms with Crippen LogP contribution in [0.1, 0.15) is 52.9 Å². The Balaban J connectivity index is 1.88. The van der Waals surface area contributed by atoms with Gasteiger partial charge in [0.1, 0.15) is 0 Å². The number of hydrogen-bond acceptors (Lipinski definition) is 2. The van der Waals surface area contributed by atoms with E-state index in [1.54, 1.807) is 0 Å². The predicted molar refractivity (Wildman–Crippen MR) is 69.4 cm³/mol. The molecule has 0 aromatic heterocycles. The van der Waals surface area contributed by atoms with Gasteiger partial charge in [-0.3, -0.25) is 0 Å². The molecule has 1 aliphatic carbocycles. The zero-order valence-corrected chi connectivity index (χ0v) is 11.3. The van der Waals surface area contributed by atoms with Gasteiger partial charge in [0.25, 0.3) is 0 Å². The molecule has 0 bridgehead atoms. The topological polar surface area (TPSA) is 29.3 Å². The molecule has 2 rings (SSSR count). The Bertz CT molecular complexity index is 239. The van der Waals surface area contributed by atoms with Crippen molar-refractivity contribution in [2.75, 3.05) is 19.6 Å². The average molecular weight is 224 g/mol. The van der Waals surface area contributed by atoms with Gasteiger partial charge in [-0.25, -0.2) is 0 Å². The summed E-state index contributed by atoms with van der Waals surface area (Å²) in [5.41, 5.74) is 7.10. The summed E-state index contributed by atoms with van der Waals surface area (Å²) in [6, 6.07) is 0. The van der Waals surface area contributed by atoms with Crippen LogP contribution >= 0.6 is 0 Å². The lowest BCUT2D eigenvalue weighted by Gasteiger charge is -2.32. The maximum absolute atomic E-state index is 6.43. The second-order valence-corrected chi connectivity index (χ2v) is 6.45. The first kappa shape index (κ1) is 12.4. The van der Waals surface area contributed by atoms with Crippen molar-refractivity contribution in [3.63, 3.8) is 0 Å². The molecule has 1 unspecified atom stereocenters. The normalized spacial score (nSPS) is 29.2. The van der Waals surface area contributed by atoms with Crippen molar-refractivity contribution in [3.8, 4) is 0 Å². The van der Waals surface area contributed by atoms with Gasteiger partial charge in [-0.05, 0) is 56.9 Å². The van der Waals surface area contributed by atoms with E-state index in [1.807, 2.05) is 0 Å². The molecular weight excluding hydrogens is 196 g/mol. The fourth-order valence-corrected chi connectivity index (χ4v) is 3.34. The largest absolute Gasteiger partial charge is 0.324 e. The van der Waals surface area contributed by atoms with Gasteiger partial charge in [-0.15, -0.1) is 0 Å². The molecule has 1 saturated carbocycles. The van der Waals surface area contributed by atoms with Crippen LogP contribution in [0.5, 0.6) is 0 Å². The van der Waals surface area contributed by atoms with Gasteiger partial charge >= 0.3 is 0 Å².